The van der Waals surface area contributed by atoms with Gasteiger partial charge in [0.15, 0.2) is 0 Å². The molecule has 0 atom stereocenters. The zero-order valence-electron chi connectivity index (χ0n) is 14.3. The number of fused-ring (bicyclic) bond motifs is 1. The molecular formula is C17H19N5O3. The molecular weight excluding hydrogens is 322 g/mol. The highest BCUT2D eigenvalue weighted by Crippen LogP contribution is 2.21. The second kappa shape index (κ2) is 6.76. The van der Waals surface area contributed by atoms with Crippen LogP contribution in [0.15, 0.2) is 35.1 Å². The summed E-state index contributed by atoms with van der Waals surface area (Å²) in [5.74, 6) is 1.02. The van der Waals surface area contributed by atoms with E-state index in [4.69, 9.17) is 4.74 Å². The van der Waals surface area contributed by atoms with Crippen LogP contribution in [0.4, 0.5) is 0 Å². The molecule has 1 aromatic carbocycles. The van der Waals surface area contributed by atoms with Crippen molar-refractivity contribution in [3.05, 3.63) is 46.5 Å². The van der Waals surface area contributed by atoms with Gasteiger partial charge < -0.3 is 10.1 Å². The summed E-state index contributed by atoms with van der Waals surface area (Å²) in [7, 11) is 1.60. The number of benzene rings is 1. The second-order valence-electron chi connectivity index (χ2n) is 5.52. The van der Waals surface area contributed by atoms with Crippen LogP contribution < -0.4 is 15.6 Å². The van der Waals surface area contributed by atoms with E-state index >= 15 is 0 Å². The van der Waals surface area contributed by atoms with E-state index in [2.05, 4.69) is 15.5 Å². The first-order valence-corrected chi connectivity index (χ1v) is 7.92. The molecule has 0 fully saturated rings. The first kappa shape index (κ1) is 16.7. The maximum atomic E-state index is 12.6. The van der Waals surface area contributed by atoms with Crippen molar-refractivity contribution < 1.29 is 9.53 Å². The molecule has 0 saturated heterocycles. The molecule has 0 radical (unpaired) electrons. The van der Waals surface area contributed by atoms with Gasteiger partial charge in [-0.2, -0.15) is 10.2 Å². The van der Waals surface area contributed by atoms with E-state index in [1.807, 2.05) is 31.2 Å². The van der Waals surface area contributed by atoms with Gasteiger partial charge in [0.1, 0.15) is 23.6 Å². The third kappa shape index (κ3) is 3.23. The molecule has 25 heavy (non-hydrogen) atoms. The highest BCUT2D eigenvalue weighted by atomic mass is 16.5. The van der Waals surface area contributed by atoms with Crippen molar-refractivity contribution in [1.29, 1.82) is 0 Å². The number of amides is 1. The second-order valence-corrected chi connectivity index (χ2v) is 5.52. The van der Waals surface area contributed by atoms with E-state index in [1.165, 1.54) is 4.52 Å². The summed E-state index contributed by atoms with van der Waals surface area (Å²) in [6, 6.07) is 9.11. The number of aryl methyl sites for hydroxylation is 1. The molecule has 8 nitrogen and oxygen atoms in total. The molecule has 3 rings (SSSR count). The smallest absolute Gasteiger partial charge is 0.293 e. The molecule has 3 aromatic rings. The molecule has 0 aliphatic rings. The SMILES string of the molecule is CCNC(=O)Cn1nc(C)n2nc(-c3ccc(OC)cc3)cc2c1=O. The Kier molecular flexibility index (Phi) is 4.51. The molecule has 130 valence electrons. The van der Waals surface area contributed by atoms with E-state index in [1.54, 1.807) is 20.1 Å². The molecule has 0 bridgehead atoms. The van der Waals surface area contributed by atoms with Gasteiger partial charge in [0.05, 0.1) is 12.8 Å². The lowest BCUT2D eigenvalue weighted by Gasteiger charge is -2.06. The highest BCUT2D eigenvalue weighted by Gasteiger charge is 2.14. The number of aromatic nitrogens is 4. The van der Waals surface area contributed by atoms with Crippen molar-refractivity contribution >= 4 is 11.4 Å². The minimum Gasteiger partial charge on any atom is -0.497 e. The summed E-state index contributed by atoms with van der Waals surface area (Å²) in [5, 5.41) is 11.3. The largest absolute Gasteiger partial charge is 0.497 e. The van der Waals surface area contributed by atoms with E-state index in [-0.39, 0.29) is 18.0 Å². The van der Waals surface area contributed by atoms with Crippen molar-refractivity contribution in [2.24, 2.45) is 0 Å². The summed E-state index contributed by atoms with van der Waals surface area (Å²) in [6.45, 7) is 3.95. The fourth-order valence-electron chi connectivity index (χ4n) is 2.57. The summed E-state index contributed by atoms with van der Waals surface area (Å²) >= 11 is 0. The molecule has 2 heterocycles. The number of hydrogen-bond acceptors (Lipinski definition) is 5. The topological polar surface area (TPSA) is 90.5 Å². The Labute approximate surface area is 144 Å². The zero-order valence-corrected chi connectivity index (χ0v) is 14.3. The van der Waals surface area contributed by atoms with Gasteiger partial charge in [-0.1, -0.05) is 0 Å². The third-order valence-electron chi connectivity index (χ3n) is 3.79. The standard InChI is InChI=1S/C17H19N5O3/c1-4-18-16(23)10-21-17(24)15-9-14(20-22(15)11(2)19-21)12-5-7-13(25-3)8-6-12/h5-9H,4,10H2,1-3H3,(H,18,23). The van der Waals surface area contributed by atoms with Gasteiger partial charge in [-0.3, -0.25) is 9.59 Å². The van der Waals surface area contributed by atoms with Gasteiger partial charge >= 0.3 is 0 Å². The van der Waals surface area contributed by atoms with Crippen molar-refractivity contribution in [2.75, 3.05) is 13.7 Å². The highest BCUT2D eigenvalue weighted by molar-refractivity contribution is 5.75. The fraction of sp³-hybridized carbons (Fsp3) is 0.294. The van der Waals surface area contributed by atoms with Crippen LogP contribution in [0.3, 0.4) is 0 Å². The van der Waals surface area contributed by atoms with Crippen molar-refractivity contribution in [2.45, 2.75) is 20.4 Å². The Morgan fingerprint density at radius 3 is 2.60 bits per heavy atom. The molecule has 0 saturated carbocycles. The summed E-state index contributed by atoms with van der Waals surface area (Å²) in [6.07, 6.45) is 0. The van der Waals surface area contributed by atoms with Gasteiger partial charge in [0.25, 0.3) is 5.56 Å². The van der Waals surface area contributed by atoms with Crippen molar-refractivity contribution in [3.63, 3.8) is 0 Å². The van der Waals surface area contributed by atoms with E-state index in [9.17, 15) is 9.59 Å². The van der Waals surface area contributed by atoms with Crippen molar-refractivity contribution in [3.8, 4) is 17.0 Å². The van der Waals surface area contributed by atoms with E-state index < -0.39 is 0 Å². The first-order valence-electron chi connectivity index (χ1n) is 7.92. The van der Waals surface area contributed by atoms with Gasteiger partial charge in [-0.15, -0.1) is 0 Å². The molecule has 0 aliphatic carbocycles. The van der Waals surface area contributed by atoms with Gasteiger partial charge in [0.2, 0.25) is 5.91 Å². The van der Waals surface area contributed by atoms with Crippen molar-refractivity contribution in [1.82, 2.24) is 24.7 Å². The van der Waals surface area contributed by atoms with Gasteiger partial charge in [-0.05, 0) is 44.2 Å². The number of likely N-dealkylation sites (N-methyl/N-ethyl adjacent to an activating group) is 1. The number of hydrogen-bond donors (Lipinski definition) is 1. The molecule has 8 heteroatoms. The monoisotopic (exact) mass is 341 g/mol. The predicted octanol–water partition coefficient (Wildman–Crippen LogP) is 1.01. The Morgan fingerprint density at radius 2 is 1.96 bits per heavy atom. The number of methoxy groups -OCH3 is 1. The summed E-state index contributed by atoms with van der Waals surface area (Å²) in [4.78, 5) is 24.4. The minimum atomic E-state index is -0.357. The van der Waals surface area contributed by atoms with Gasteiger partial charge in [-0.25, -0.2) is 9.20 Å². The quantitative estimate of drug-likeness (QED) is 0.748. The van der Waals surface area contributed by atoms with Crippen LogP contribution in [0, 0.1) is 6.92 Å². The number of carbonyl (C=O) groups excluding carboxylic acids is 1. The lowest BCUT2D eigenvalue weighted by molar-refractivity contribution is -0.121. The minimum absolute atomic E-state index is 0.118. The third-order valence-corrected chi connectivity index (χ3v) is 3.79. The maximum absolute atomic E-state index is 12.6. The van der Waals surface area contributed by atoms with Crippen LogP contribution in [0.5, 0.6) is 5.75 Å². The predicted molar refractivity (Wildman–Crippen MR) is 92.7 cm³/mol. The number of nitrogens with zero attached hydrogens (tertiary/aromatic N) is 4. The Morgan fingerprint density at radius 1 is 1.24 bits per heavy atom. The molecule has 0 unspecified atom stereocenters. The van der Waals surface area contributed by atoms with E-state index in [0.717, 1.165) is 16.0 Å². The average molecular weight is 341 g/mol. The lowest BCUT2D eigenvalue weighted by Crippen LogP contribution is -2.34. The molecule has 0 spiro atoms. The van der Waals surface area contributed by atoms with Crippen LogP contribution in [0.1, 0.15) is 12.7 Å². The molecule has 0 aliphatic heterocycles. The summed E-state index contributed by atoms with van der Waals surface area (Å²) in [5.41, 5.74) is 1.53. The van der Waals surface area contributed by atoms with E-state index in [0.29, 0.717) is 23.6 Å². The van der Waals surface area contributed by atoms with Crippen LogP contribution in [0.2, 0.25) is 0 Å². The maximum Gasteiger partial charge on any atom is 0.293 e. The Hall–Kier alpha value is -3.16. The number of carbonyl (C=O) groups is 1. The zero-order chi connectivity index (χ0) is 18.0. The molecule has 1 N–H and O–H groups in total. The fourth-order valence-corrected chi connectivity index (χ4v) is 2.57. The van der Waals surface area contributed by atoms with Gasteiger partial charge in [0, 0.05) is 12.1 Å². The number of nitrogens with one attached hydrogen (secondary N) is 1. The molecule has 1 amide bonds. The normalized spacial score (nSPS) is 10.8. The Bertz CT molecular complexity index is 972. The van der Waals surface area contributed by atoms with Crippen LogP contribution >= 0.6 is 0 Å². The molecule has 2 aromatic heterocycles. The Balaban J connectivity index is 2.04. The average Bonchev–Trinajstić information content (AvgIpc) is 3.06. The van der Waals surface area contributed by atoms with Crippen LogP contribution in [-0.4, -0.2) is 39.0 Å². The first-order chi connectivity index (χ1) is 12.0. The van der Waals surface area contributed by atoms with Crippen LogP contribution in [-0.2, 0) is 11.3 Å². The number of ether oxygens (including phenoxy) is 1. The van der Waals surface area contributed by atoms with Crippen LogP contribution in [0.25, 0.3) is 16.8 Å². The lowest BCUT2D eigenvalue weighted by atomic mass is 10.1. The number of rotatable bonds is 5. The summed E-state index contributed by atoms with van der Waals surface area (Å²) < 4.78 is 7.81.